The molecule has 1 unspecified atom stereocenters. The summed E-state index contributed by atoms with van der Waals surface area (Å²) in [6.45, 7) is 4.27. The SMILES string of the molecule is COC1CCN(c2cccc(C)c2)C1. The fourth-order valence-electron chi connectivity index (χ4n) is 1.98. The Labute approximate surface area is 85.5 Å². The number of anilines is 1. The Hall–Kier alpha value is -1.02. The normalized spacial score (nSPS) is 21.6. The van der Waals surface area contributed by atoms with E-state index >= 15 is 0 Å². The highest BCUT2D eigenvalue weighted by Gasteiger charge is 2.21. The summed E-state index contributed by atoms with van der Waals surface area (Å²) in [5, 5.41) is 0. The summed E-state index contributed by atoms with van der Waals surface area (Å²) in [5.41, 5.74) is 2.65. The summed E-state index contributed by atoms with van der Waals surface area (Å²) in [4.78, 5) is 2.39. The predicted molar refractivity (Wildman–Crippen MR) is 58.8 cm³/mol. The van der Waals surface area contributed by atoms with E-state index in [0.717, 1.165) is 19.5 Å². The summed E-state index contributed by atoms with van der Waals surface area (Å²) >= 11 is 0. The smallest absolute Gasteiger partial charge is 0.0762 e. The van der Waals surface area contributed by atoms with E-state index < -0.39 is 0 Å². The van der Waals surface area contributed by atoms with E-state index in [-0.39, 0.29) is 0 Å². The van der Waals surface area contributed by atoms with Gasteiger partial charge in [-0.15, -0.1) is 0 Å². The quantitative estimate of drug-likeness (QED) is 0.710. The fourth-order valence-corrected chi connectivity index (χ4v) is 1.98. The molecular formula is C12H17NO. The second-order valence-electron chi connectivity index (χ2n) is 3.93. The molecule has 2 rings (SSSR count). The Morgan fingerprint density at radius 2 is 2.29 bits per heavy atom. The maximum atomic E-state index is 5.35. The van der Waals surface area contributed by atoms with Crippen LogP contribution in [0, 0.1) is 6.92 Å². The molecule has 0 spiro atoms. The van der Waals surface area contributed by atoms with Gasteiger partial charge in [0.05, 0.1) is 6.10 Å². The van der Waals surface area contributed by atoms with Crippen molar-refractivity contribution in [2.75, 3.05) is 25.1 Å². The first-order valence-electron chi connectivity index (χ1n) is 5.14. The first-order chi connectivity index (χ1) is 6.79. The minimum Gasteiger partial charge on any atom is -0.380 e. The zero-order valence-corrected chi connectivity index (χ0v) is 8.86. The second-order valence-corrected chi connectivity index (χ2v) is 3.93. The third-order valence-corrected chi connectivity index (χ3v) is 2.85. The second kappa shape index (κ2) is 4.01. The van der Waals surface area contributed by atoms with Gasteiger partial charge >= 0.3 is 0 Å². The molecule has 0 N–H and O–H groups in total. The molecule has 76 valence electrons. The van der Waals surface area contributed by atoms with Gasteiger partial charge in [0.1, 0.15) is 0 Å². The van der Waals surface area contributed by atoms with Gasteiger partial charge in [-0.3, -0.25) is 0 Å². The van der Waals surface area contributed by atoms with Crippen molar-refractivity contribution in [3.63, 3.8) is 0 Å². The number of ether oxygens (including phenoxy) is 1. The van der Waals surface area contributed by atoms with Crippen LogP contribution in [-0.4, -0.2) is 26.3 Å². The van der Waals surface area contributed by atoms with Crippen LogP contribution >= 0.6 is 0 Å². The molecule has 1 aromatic carbocycles. The highest BCUT2D eigenvalue weighted by molar-refractivity contribution is 5.49. The lowest BCUT2D eigenvalue weighted by atomic mass is 10.2. The van der Waals surface area contributed by atoms with E-state index in [0.29, 0.717) is 6.10 Å². The number of aryl methyl sites for hydroxylation is 1. The number of methoxy groups -OCH3 is 1. The van der Waals surface area contributed by atoms with E-state index in [1.807, 2.05) is 0 Å². The zero-order valence-electron chi connectivity index (χ0n) is 8.86. The fraction of sp³-hybridized carbons (Fsp3) is 0.500. The molecule has 1 aromatic rings. The Kier molecular flexibility index (Phi) is 2.73. The van der Waals surface area contributed by atoms with Gasteiger partial charge in [-0.05, 0) is 31.0 Å². The Morgan fingerprint density at radius 3 is 2.93 bits per heavy atom. The molecule has 1 saturated heterocycles. The van der Waals surface area contributed by atoms with Crippen molar-refractivity contribution in [2.24, 2.45) is 0 Å². The van der Waals surface area contributed by atoms with Crippen LogP contribution < -0.4 is 4.90 Å². The summed E-state index contributed by atoms with van der Waals surface area (Å²) in [5.74, 6) is 0. The third kappa shape index (κ3) is 1.90. The Balaban J connectivity index is 2.09. The first kappa shape index (κ1) is 9.53. The van der Waals surface area contributed by atoms with E-state index in [2.05, 4.69) is 36.1 Å². The number of rotatable bonds is 2. The number of nitrogens with zero attached hydrogens (tertiary/aromatic N) is 1. The van der Waals surface area contributed by atoms with Crippen LogP contribution in [0.25, 0.3) is 0 Å². The first-order valence-corrected chi connectivity index (χ1v) is 5.14. The van der Waals surface area contributed by atoms with Crippen molar-refractivity contribution in [2.45, 2.75) is 19.4 Å². The number of hydrogen-bond donors (Lipinski definition) is 0. The molecule has 1 aliphatic heterocycles. The van der Waals surface area contributed by atoms with Crippen molar-refractivity contribution in [1.29, 1.82) is 0 Å². The van der Waals surface area contributed by atoms with Gasteiger partial charge in [0.2, 0.25) is 0 Å². The van der Waals surface area contributed by atoms with Gasteiger partial charge < -0.3 is 9.64 Å². The topological polar surface area (TPSA) is 12.5 Å². The van der Waals surface area contributed by atoms with Crippen LogP contribution in [0.4, 0.5) is 5.69 Å². The predicted octanol–water partition coefficient (Wildman–Crippen LogP) is 2.22. The van der Waals surface area contributed by atoms with Gasteiger partial charge in [0, 0.05) is 25.9 Å². The lowest BCUT2D eigenvalue weighted by Gasteiger charge is -2.18. The van der Waals surface area contributed by atoms with Crippen molar-refractivity contribution in [1.82, 2.24) is 0 Å². The zero-order chi connectivity index (χ0) is 9.97. The van der Waals surface area contributed by atoms with Crippen LogP contribution in [0.2, 0.25) is 0 Å². The van der Waals surface area contributed by atoms with Crippen molar-refractivity contribution in [3.05, 3.63) is 29.8 Å². The van der Waals surface area contributed by atoms with Crippen LogP contribution in [0.1, 0.15) is 12.0 Å². The molecule has 1 aliphatic rings. The maximum Gasteiger partial charge on any atom is 0.0762 e. The highest BCUT2D eigenvalue weighted by atomic mass is 16.5. The van der Waals surface area contributed by atoms with Gasteiger partial charge in [-0.25, -0.2) is 0 Å². The van der Waals surface area contributed by atoms with Crippen LogP contribution in [0.3, 0.4) is 0 Å². The molecular weight excluding hydrogens is 174 g/mol. The average molecular weight is 191 g/mol. The lowest BCUT2D eigenvalue weighted by Crippen LogP contribution is -2.22. The molecule has 2 heteroatoms. The highest BCUT2D eigenvalue weighted by Crippen LogP contribution is 2.22. The van der Waals surface area contributed by atoms with Crippen LogP contribution in [0.5, 0.6) is 0 Å². The molecule has 0 amide bonds. The molecule has 0 aliphatic carbocycles. The van der Waals surface area contributed by atoms with Gasteiger partial charge in [-0.2, -0.15) is 0 Å². The maximum absolute atomic E-state index is 5.35. The number of hydrogen-bond acceptors (Lipinski definition) is 2. The van der Waals surface area contributed by atoms with Crippen LogP contribution in [-0.2, 0) is 4.74 Å². The third-order valence-electron chi connectivity index (χ3n) is 2.85. The summed E-state index contributed by atoms with van der Waals surface area (Å²) < 4.78 is 5.35. The lowest BCUT2D eigenvalue weighted by molar-refractivity contribution is 0.121. The van der Waals surface area contributed by atoms with E-state index in [4.69, 9.17) is 4.74 Å². The molecule has 0 aromatic heterocycles. The van der Waals surface area contributed by atoms with E-state index in [1.54, 1.807) is 7.11 Å². The average Bonchev–Trinajstić information content (AvgIpc) is 2.66. The standard InChI is InChI=1S/C12H17NO/c1-10-4-3-5-11(8-10)13-7-6-12(9-13)14-2/h3-5,8,12H,6-7,9H2,1-2H3. The Morgan fingerprint density at radius 1 is 1.43 bits per heavy atom. The van der Waals surface area contributed by atoms with Gasteiger partial charge in [0.15, 0.2) is 0 Å². The van der Waals surface area contributed by atoms with Crippen molar-refractivity contribution in [3.8, 4) is 0 Å². The minimum absolute atomic E-state index is 0.413. The molecule has 1 atom stereocenters. The van der Waals surface area contributed by atoms with Gasteiger partial charge in [0.25, 0.3) is 0 Å². The molecule has 2 nitrogen and oxygen atoms in total. The number of benzene rings is 1. The van der Waals surface area contributed by atoms with Crippen molar-refractivity contribution < 1.29 is 4.74 Å². The molecule has 1 heterocycles. The van der Waals surface area contributed by atoms with E-state index in [1.165, 1.54) is 11.3 Å². The summed E-state index contributed by atoms with van der Waals surface area (Å²) in [6, 6.07) is 8.65. The van der Waals surface area contributed by atoms with Gasteiger partial charge in [-0.1, -0.05) is 12.1 Å². The molecule has 14 heavy (non-hydrogen) atoms. The largest absolute Gasteiger partial charge is 0.380 e. The minimum atomic E-state index is 0.413. The molecule has 0 bridgehead atoms. The van der Waals surface area contributed by atoms with Crippen molar-refractivity contribution >= 4 is 5.69 Å². The van der Waals surface area contributed by atoms with E-state index in [9.17, 15) is 0 Å². The van der Waals surface area contributed by atoms with Crippen LogP contribution in [0.15, 0.2) is 24.3 Å². The summed E-state index contributed by atoms with van der Waals surface area (Å²) in [6.07, 6.45) is 1.56. The summed E-state index contributed by atoms with van der Waals surface area (Å²) in [7, 11) is 1.80. The molecule has 0 radical (unpaired) electrons. The molecule has 1 fully saturated rings. The monoisotopic (exact) mass is 191 g/mol. The Bertz CT molecular complexity index is 311. The molecule has 0 saturated carbocycles.